The van der Waals surface area contributed by atoms with Crippen molar-refractivity contribution in [3.8, 4) is 5.75 Å². The number of carbonyl (C=O) groups is 1. The fourth-order valence-electron chi connectivity index (χ4n) is 2.95. The minimum atomic E-state index is -0.0305. The summed E-state index contributed by atoms with van der Waals surface area (Å²) in [5.74, 6) is 0.564. The van der Waals surface area contributed by atoms with Crippen LogP contribution in [0.4, 0.5) is 4.79 Å². The Kier molecular flexibility index (Phi) is 4.46. The lowest BCUT2D eigenvalue weighted by Crippen LogP contribution is -2.53. The molecule has 1 fully saturated rings. The van der Waals surface area contributed by atoms with E-state index in [1.807, 2.05) is 23.1 Å². The normalized spacial score (nSPS) is 16.5. The summed E-state index contributed by atoms with van der Waals surface area (Å²) in [6.07, 6.45) is 2.56. The Balaban J connectivity index is 1.43. The van der Waals surface area contributed by atoms with Crippen LogP contribution in [-0.4, -0.2) is 33.7 Å². The molecule has 7 nitrogen and oxygen atoms in total. The summed E-state index contributed by atoms with van der Waals surface area (Å²) in [4.78, 5) is 17.2. The SMILES string of the molecule is C[C@H]1CCN1C(=O)NCc1cc2cc(Cl)c(OCc3ccon3)cc2[nH]1. The minimum absolute atomic E-state index is 0.0305. The lowest BCUT2D eigenvalue weighted by molar-refractivity contribution is 0.124. The molecule has 0 radical (unpaired) electrons. The Morgan fingerprint density at radius 1 is 1.50 bits per heavy atom. The van der Waals surface area contributed by atoms with E-state index in [9.17, 15) is 4.79 Å². The van der Waals surface area contributed by atoms with Gasteiger partial charge in [0.1, 0.15) is 24.3 Å². The third-order valence-corrected chi connectivity index (χ3v) is 4.90. The molecule has 3 heterocycles. The summed E-state index contributed by atoms with van der Waals surface area (Å²) in [6.45, 7) is 3.58. The van der Waals surface area contributed by atoms with Crippen LogP contribution in [0.2, 0.25) is 5.02 Å². The van der Waals surface area contributed by atoms with Crippen molar-refractivity contribution in [1.29, 1.82) is 0 Å². The van der Waals surface area contributed by atoms with Crippen LogP contribution in [0.15, 0.2) is 35.1 Å². The van der Waals surface area contributed by atoms with E-state index in [1.165, 1.54) is 6.26 Å². The van der Waals surface area contributed by atoms with Crippen LogP contribution in [-0.2, 0) is 13.2 Å². The van der Waals surface area contributed by atoms with E-state index in [2.05, 4.69) is 22.4 Å². The van der Waals surface area contributed by atoms with Gasteiger partial charge in [0.15, 0.2) is 0 Å². The van der Waals surface area contributed by atoms with Gasteiger partial charge in [-0.15, -0.1) is 0 Å². The number of carbonyl (C=O) groups excluding carboxylic acids is 1. The monoisotopic (exact) mass is 374 g/mol. The lowest BCUT2D eigenvalue weighted by atomic mass is 10.1. The highest BCUT2D eigenvalue weighted by Crippen LogP contribution is 2.31. The molecule has 0 spiro atoms. The van der Waals surface area contributed by atoms with Crippen molar-refractivity contribution in [2.75, 3.05) is 6.54 Å². The standard InChI is InChI=1S/C18H19ClN4O3/c1-11-2-4-23(11)18(24)20-9-14-6-12-7-15(19)17(8-16(12)21-14)25-10-13-3-5-26-22-13/h3,5-8,11,21H,2,4,9-10H2,1H3,(H,20,24)/t11-/m0/s1. The third kappa shape index (κ3) is 3.35. The van der Waals surface area contributed by atoms with E-state index in [0.29, 0.717) is 29.1 Å². The molecule has 3 aromatic rings. The molecule has 2 N–H and O–H groups in total. The number of rotatable bonds is 5. The average Bonchev–Trinajstić information content (AvgIpc) is 3.25. The second-order valence-electron chi connectivity index (χ2n) is 6.43. The van der Waals surface area contributed by atoms with Crippen molar-refractivity contribution < 1.29 is 14.1 Å². The molecule has 1 atom stereocenters. The smallest absolute Gasteiger partial charge is 0.317 e. The van der Waals surface area contributed by atoms with Gasteiger partial charge in [0.25, 0.3) is 0 Å². The first kappa shape index (κ1) is 16.8. The fourth-order valence-corrected chi connectivity index (χ4v) is 3.18. The van der Waals surface area contributed by atoms with E-state index in [1.54, 1.807) is 6.07 Å². The Morgan fingerprint density at radius 3 is 3.08 bits per heavy atom. The number of benzene rings is 1. The van der Waals surface area contributed by atoms with Gasteiger partial charge in [-0.3, -0.25) is 0 Å². The van der Waals surface area contributed by atoms with Crippen LogP contribution >= 0.6 is 11.6 Å². The number of nitrogens with one attached hydrogen (secondary N) is 2. The number of ether oxygens (including phenoxy) is 1. The predicted molar refractivity (Wildman–Crippen MR) is 97.2 cm³/mol. The highest BCUT2D eigenvalue weighted by atomic mass is 35.5. The number of nitrogens with zero attached hydrogens (tertiary/aromatic N) is 2. The maximum Gasteiger partial charge on any atom is 0.317 e. The van der Waals surface area contributed by atoms with Crippen LogP contribution in [0.3, 0.4) is 0 Å². The summed E-state index contributed by atoms with van der Waals surface area (Å²) in [7, 11) is 0. The Bertz CT molecular complexity index is 922. The van der Waals surface area contributed by atoms with Gasteiger partial charge in [0, 0.05) is 41.3 Å². The molecular formula is C18H19ClN4O3. The lowest BCUT2D eigenvalue weighted by Gasteiger charge is -2.38. The number of halogens is 1. The average molecular weight is 375 g/mol. The second kappa shape index (κ2) is 6.92. The summed E-state index contributed by atoms with van der Waals surface area (Å²) in [5, 5.41) is 8.22. The molecule has 8 heteroatoms. The van der Waals surface area contributed by atoms with Crippen LogP contribution in [0, 0.1) is 0 Å². The number of hydrogen-bond acceptors (Lipinski definition) is 4. The van der Waals surface area contributed by atoms with Crippen LogP contribution < -0.4 is 10.1 Å². The second-order valence-corrected chi connectivity index (χ2v) is 6.84. The number of fused-ring (bicyclic) bond motifs is 1. The summed E-state index contributed by atoms with van der Waals surface area (Å²) in [5.41, 5.74) is 2.49. The van der Waals surface area contributed by atoms with E-state index in [4.69, 9.17) is 20.9 Å². The molecule has 0 aliphatic carbocycles. The van der Waals surface area contributed by atoms with Gasteiger partial charge in [-0.25, -0.2) is 4.79 Å². The van der Waals surface area contributed by atoms with Gasteiger partial charge in [0.2, 0.25) is 0 Å². The van der Waals surface area contributed by atoms with Crippen LogP contribution in [0.1, 0.15) is 24.7 Å². The molecule has 0 saturated carbocycles. The molecule has 1 aliphatic heterocycles. The fraction of sp³-hybridized carbons (Fsp3) is 0.333. The maximum atomic E-state index is 12.1. The number of amides is 2. The summed E-state index contributed by atoms with van der Waals surface area (Å²) >= 11 is 6.31. The predicted octanol–water partition coefficient (Wildman–Crippen LogP) is 3.69. The maximum absolute atomic E-state index is 12.1. The third-order valence-electron chi connectivity index (χ3n) is 4.61. The first-order valence-corrected chi connectivity index (χ1v) is 8.85. The highest BCUT2D eigenvalue weighted by molar-refractivity contribution is 6.32. The number of H-pyrrole nitrogens is 1. The number of urea groups is 1. The molecule has 0 bridgehead atoms. The number of hydrogen-bond donors (Lipinski definition) is 2. The van der Waals surface area contributed by atoms with Crippen molar-refractivity contribution in [3.63, 3.8) is 0 Å². The van der Waals surface area contributed by atoms with Gasteiger partial charge in [-0.05, 0) is 25.5 Å². The molecule has 26 heavy (non-hydrogen) atoms. The largest absolute Gasteiger partial charge is 0.486 e. The van der Waals surface area contributed by atoms with Crippen molar-refractivity contribution >= 4 is 28.5 Å². The molecule has 2 amide bonds. The van der Waals surface area contributed by atoms with E-state index in [0.717, 1.165) is 29.6 Å². The Labute approximate surface area is 155 Å². The number of aromatic nitrogens is 2. The van der Waals surface area contributed by atoms with E-state index < -0.39 is 0 Å². The van der Waals surface area contributed by atoms with Crippen LogP contribution in [0.5, 0.6) is 5.75 Å². The molecule has 4 rings (SSSR count). The van der Waals surface area contributed by atoms with Crippen LogP contribution in [0.25, 0.3) is 10.9 Å². The molecule has 0 unspecified atom stereocenters. The van der Waals surface area contributed by atoms with Crippen molar-refractivity contribution in [2.24, 2.45) is 0 Å². The van der Waals surface area contributed by atoms with Gasteiger partial charge >= 0.3 is 6.03 Å². The van der Waals surface area contributed by atoms with Gasteiger partial charge in [-0.1, -0.05) is 16.8 Å². The van der Waals surface area contributed by atoms with Crippen molar-refractivity contribution in [1.82, 2.24) is 20.4 Å². The summed E-state index contributed by atoms with van der Waals surface area (Å²) < 4.78 is 10.5. The van der Waals surface area contributed by atoms with E-state index in [-0.39, 0.29) is 12.6 Å². The van der Waals surface area contributed by atoms with Crippen molar-refractivity contribution in [2.45, 2.75) is 32.5 Å². The number of likely N-dealkylation sites (tertiary alicyclic amines) is 1. The summed E-state index contributed by atoms with van der Waals surface area (Å²) in [6, 6.07) is 7.69. The molecule has 1 aliphatic rings. The molecule has 2 aromatic heterocycles. The van der Waals surface area contributed by atoms with Gasteiger partial charge < -0.3 is 24.5 Å². The van der Waals surface area contributed by atoms with Crippen molar-refractivity contribution in [3.05, 3.63) is 46.9 Å². The molecule has 1 saturated heterocycles. The highest BCUT2D eigenvalue weighted by Gasteiger charge is 2.27. The zero-order valence-electron chi connectivity index (χ0n) is 14.3. The topological polar surface area (TPSA) is 83.4 Å². The Morgan fingerprint density at radius 2 is 2.38 bits per heavy atom. The van der Waals surface area contributed by atoms with E-state index >= 15 is 0 Å². The van der Waals surface area contributed by atoms with Gasteiger partial charge in [0.05, 0.1) is 11.6 Å². The first-order valence-electron chi connectivity index (χ1n) is 8.48. The zero-order valence-corrected chi connectivity index (χ0v) is 15.0. The van der Waals surface area contributed by atoms with Gasteiger partial charge in [-0.2, -0.15) is 0 Å². The molecular weight excluding hydrogens is 356 g/mol. The number of aromatic amines is 1. The quantitative estimate of drug-likeness (QED) is 0.713. The Hall–Kier alpha value is -2.67. The molecule has 136 valence electrons. The minimum Gasteiger partial charge on any atom is -0.486 e. The molecule has 1 aromatic carbocycles. The zero-order chi connectivity index (χ0) is 18.1. The first-order chi connectivity index (χ1) is 12.6.